The fraction of sp³-hybridized carbons (Fsp3) is 0.348. The Morgan fingerprint density at radius 1 is 1.24 bits per heavy atom. The van der Waals surface area contributed by atoms with Gasteiger partial charge < -0.3 is 20.3 Å². The molecular weight excluding hydrogens is 547 g/mol. The zero-order chi connectivity index (χ0) is 25.9. The molecule has 0 unspecified atom stereocenters. The number of amides is 1. The standard InChI is InChI=1S/C23H19Cl2F3N4O3S.Li.H/c1-9-15(24)16(25)18(29-9)20(33)31-17-12-7-32(8-13(12)17)22-30-14(19(36-22)21(34)35)6-10-3-2-4-11(5-10)23(26,27)28;;/h2-5,12-13,17,29H,6-8H2,1H3,(H,31,33)(H,34,35);;/t12-,13+,17+;;. The van der Waals surface area contributed by atoms with Gasteiger partial charge in [-0.05, 0) is 18.6 Å². The number of rotatable bonds is 6. The number of aromatic carboxylic acids is 1. The number of hydrogen-bond acceptors (Lipinski definition) is 5. The minimum absolute atomic E-state index is 0. The van der Waals surface area contributed by atoms with Gasteiger partial charge in [0.2, 0.25) is 0 Å². The van der Waals surface area contributed by atoms with Crippen molar-refractivity contribution >= 4 is 70.4 Å². The first-order chi connectivity index (χ1) is 16.9. The van der Waals surface area contributed by atoms with E-state index in [9.17, 15) is 27.9 Å². The van der Waals surface area contributed by atoms with Crippen LogP contribution >= 0.6 is 34.5 Å². The number of carboxylic acid groups (broad SMARTS) is 1. The number of anilines is 1. The Morgan fingerprint density at radius 2 is 1.92 bits per heavy atom. The zero-order valence-electron chi connectivity index (χ0n) is 18.6. The Hall–Kier alpha value is -2.16. The van der Waals surface area contributed by atoms with Crippen molar-refractivity contribution in [3.05, 3.63) is 67.4 Å². The summed E-state index contributed by atoms with van der Waals surface area (Å²) in [6.45, 7) is 2.86. The van der Waals surface area contributed by atoms with E-state index < -0.39 is 17.7 Å². The summed E-state index contributed by atoms with van der Waals surface area (Å²) in [5, 5.41) is 13.6. The summed E-state index contributed by atoms with van der Waals surface area (Å²) >= 11 is 13.2. The van der Waals surface area contributed by atoms with Gasteiger partial charge in [0.1, 0.15) is 10.6 Å². The van der Waals surface area contributed by atoms with Gasteiger partial charge in [-0.15, -0.1) is 0 Å². The van der Waals surface area contributed by atoms with Gasteiger partial charge in [-0.1, -0.05) is 52.7 Å². The summed E-state index contributed by atoms with van der Waals surface area (Å²) in [5.41, 5.74) is 0.577. The number of piperidine rings is 1. The number of aromatic amines is 1. The number of fused-ring (bicyclic) bond motifs is 1. The van der Waals surface area contributed by atoms with E-state index in [1.165, 1.54) is 12.1 Å². The Morgan fingerprint density at radius 3 is 2.49 bits per heavy atom. The van der Waals surface area contributed by atoms with Crippen molar-refractivity contribution in [2.24, 2.45) is 11.8 Å². The predicted molar refractivity (Wildman–Crippen MR) is 136 cm³/mol. The van der Waals surface area contributed by atoms with Crippen LogP contribution in [0.2, 0.25) is 10.0 Å². The molecule has 0 radical (unpaired) electrons. The molecule has 1 amide bonds. The fourth-order valence-electron chi connectivity index (χ4n) is 4.66. The molecule has 2 fully saturated rings. The van der Waals surface area contributed by atoms with Crippen LogP contribution in [-0.4, -0.2) is 64.9 Å². The molecule has 2 aliphatic rings. The SMILES string of the molecule is Cc1[nH]c(C(=O)N[C@H]2[C@@H]3CN(c4nc(Cc5cccc(C(F)(F)F)c5)c(C(=O)O)s4)C[C@@H]32)c(Cl)c1Cl.[LiH]. The van der Waals surface area contributed by atoms with Crippen LogP contribution in [-0.2, 0) is 12.6 Å². The fourth-order valence-corrected chi connectivity index (χ4v) is 6.02. The minimum atomic E-state index is -4.49. The normalized spacial score (nSPS) is 20.4. The van der Waals surface area contributed by atoms with E-state index in [1.54, 1.807) is 6.92 Å². The Kier molecular flexibility index (Phi) is 7.67. The first kappa shape index (κ1) is 27.9. The Labute approximate surface area is 235 Å². The van der Waals surface area contributed by atoms with Crippen LogP contribution in [0, 0.1) is 18.8 Å². The van der Waals surface area contributed by atoms with Crippen molar-refractivity contribution in [1.29, 1.82) is 0 Å². The number of benzene rings is 1. The monoisotopic (exact) mass is 566 g/mol. The molecule has 0 spiro atoms. The van der Waals surface area contributed by atoms with E-state index in [0.29, 0.717) is 34.5 Å². The predicted octanol–water partition coefficient (Wildman–Crippen LogP) is 4.61. The van der Waals surface area contributed by atoms with Gasteiger partial charge in [0, 0.05) is 43.1 Å². The quantitative estimate of drug-likeness (QED) is 0.378. The van der Waals surface area contributed by atoms with Crippen LogP contribution < -0.4 is 10.2 Å². The number of carbonyl (C=O) groups is 2. The second-order valence-corrected chi connectivity index (χ2v) is 10.7. The van der Waals surface area contributed by atoms with Crippen molar-refractivity contribution in [3.63, 3.8) is 0 Å². The van der Waals surface area contributed by atoms with Gasteiger partial charge in [0.15, 0.2) is 5.13 Å². The topological polar surface area (TPSA) is 98.3 Å². The molecular formula is C23H20Cl2F3LiN4O3S. The average molecular weight is 567 g/mol. The van der Waals surface area contributed by atoms with Gasteiger partial charge in [-0.3, -0.25) is 4.79 Å². The summed E-state index contributed by atoms with van der Waals surface area (Å²) in [4.78, 5) is 33.7. The van der Waals surface area contributed by atoms with E-state index in [-0.39, 0.29) is 70.4 Å². The number of aryl methyl sites for hydroxylation is 1. The van der Waals surface area contributed by atoms with E-state index in [1.807, 2.05) is 4.90 Å². The summed E-state index contributed by atoms with van der Waals surface area (Å²) in [6, 6.07) is 4.75. The van der Waals surface area contributed by atoms with Crippen molar-refractivity contribution < 1.29 is 27.9 Å². The molecule has 3 aromatic rings. The van der Waals surface area contributed by atoms with Gasteiger partial charge in [0.05, 0.1) is 21.3 Å². The third-order valence-corrected chi connectivity index (χ3v) is 8.64. The van der Waals surface area contributed by atoms with Crippen molar-refractivity contribution in [2.75, 3.05) is 18.0 Å². The van der Waals surface area contributed by atoms with Crippen molar-refractivity contribution in [2.45, 2.75) is 25.6 Å². The average Bonchev–Trinajstić information content (AvgIpc) is 3.18. The van der Waals surface area contributed by atoms with E-state index in [2.05, 4.69) is 15.3 Å². The molecule has 37 heavy (non-hydrogen) atoms. The van der Waals surface area contributed by atoms with Gasteiger partial charge in [0.25, 0.3) is 5.91 Å². The summed E-state index contributed by atoms with van der Waals surface area (Å²) in [5.74, 6) is -1.18. The number of thiazole rings is 1. The molecule has 2 aromatic heterocycles. The number of nitrogens with one attached hydrogen (secondary N) is 2. The molecule has 1 saturated carbocycles. The Bertz CT molecular complexity index is 1370. The second-order valence-electron chi connectivity index (χ2n) is 8.94. The first-order valence-corrected chi connectivity index (χ1v) is 12.5. The second kappa shape index (κ2) is 10.2. The maximum atomic E-state index is 13.1. The van der Waals surface area contributed by atoms with Crippen LogP contribution in [0.3, 0.4) is 0 Å². The number of carbonyl (C=O) groups excluding carboxylic acids is 1. The van der Waals surface area contributed by atoms with Crippen molar-refractivity contribution in [1.82, 2.24) is 15.3 Å². The molecule has 3 atom stereocenters. The third kappa shape index (κ3) is 5.38. The molecule has 1 aromatic carbocycles. The summed E-state index contributed by atoms with van der Waals surface area (Å²) < 4.78 is 39.2. The summed E-state index contributed by atoms with van der Waals surface area (Å²) in [7, 11) is 0. The molecule has 5 rings (SSSR count). The number of nitrogens with zero attached hydrogens (tertiary/aromatic N) is 2. The van der Waals surface area contributed by atoms with Gasteiger partial charge in [-0.2, -0.15) is 13.2 Å². The number of alkyl halides is 3. The molecule has 1 aliphatic heterocycles. The number of hydrogen-bond donors (Lipinski definition) is 3. The molecule has 1 aliphatic carbocycles. The molecule has 14 heteroatoms. The summed E-state index contributed by atoms with van der Waals surface area (Å²) in [6.07, 6.45) is -4.51. The maximum absolute atomic E-state index is 13.1. The molecule has 3 N–H and O–H groups in total. The number of halogens is 5. The van der Waals surface area contributed by atoms with Crippen LogP contribution in [0.1, 0.15) is 42.7 Å². The van der Waals surface area contributed by atoms with E-state index in [4.69, 9.17) is 23.2 Å². The molecule has 192 valence electrons. The van der Waals surface area contributed by atoms with Crippen LogP contribution in [0.25, 0.3) is 0 Å². The molecule has 0 bridgehead atoms. The van der Waals surface area contributed by atoms with Gasteiger partial charge >= 0.3 is 31.0 Å². The third-order valence-electron chi connectivity index (χ3n) is 6.55. The van der Waals surface area contributed by atoms with Crippen LogP contribution in [0.5, 0.6) is 0 Å². The number of H-pyrrole nitrogens is 1. The van der Waals surface area contributed by atoms with Crippen LogP contribution in [0.4, 0.5) is 18.3 Å². The molecule has 3 heterocycles. The molecule has 7 nitrogen and oxygen atoms in total. The number of carboxylic acids is 1. The van der Waals surface area contributed by atoms with Crippen molar-refractivity contribution in [3.8, 4) is 0 Å². The van der Waals surface area contributed by atoms with Crippen LogP contribution in [0.15, 0.2) is 24.3 Å². The van der Waals surface area contributed by atoms with Gasteiger partial charge in [-0.25, -0.2) is 9.78 Å². The number of aromatic nitrogens is 2. The Balaban J connectivity index is 0.00000320. The first-order valence-electron chi connectivity index (χ1n) is 10.9. The zero-order valence-corrected chi connectivity index (χ0v) is 20.9. The van der Waals surface area contributed by atoms with E-state index >= 15 is 0 Å². The molecule has 1 saturated heterocycles. The van der Waals surface area contributed by atoms with E-state index in [0.717, 1.165) is 23.5 Å².